The minimum absolute atomic E-state index is 0.0516. The fourth-order valence-electron chi connectivity index (χ4n) is 4.15. The number of urea groups is 1. The van der Waals surface area contributed by atoms with Crippen LogP contribution in [0.5, 0.6) is 5.75 Å². The Morgan fingerprint density at radius 2 is 1.64 bits per heavy atom. The molecule has 0 aromatic heterocycles. The van der Waals surface area contributed by atoms with Gasteiger partial charge < -0.3 is 19.7 Å². The third-order valence-electron chi connectivity index (χ3n) is 6.01. The van der Waals surface area contributed by atoms with Crippen molar-refractivity contribution in [1.82, 2.24) is 10.2 Å². The molecule has 0 radical (unpaired) electrons. The van der Waals surface area contributed by atoms with E-state index in [4.69, 9.17) is 32.7 Å². The molecule has 5 rings (SSSR count). The number of carbonyl (C=O) groups is 1. The van der Waals surface area contributed by atoms with Crippen LogP contribution >= 0.6 is 23.2 Å². The van der Waals surface area contributed by atoms with E-state index in [-0.39, 0.29) is 18.2 Å². The van der Waals surface area contributed by atoms with Crippen LogP contribution in [0.1, 0.15) is 28.4 Å². The van der Waals surface area contributed by atoms with E-state index in [0.29, 0.717) is 29.7 Å². The van der Waals surface area contributed by atoms with Crippen LogP contribution in [0.4, 0.5) is 4.79 Å². The van der Waals surface area contributed by atoms with Gasteiger partial charge in [0, 0.05) is 23.0 Å². The number of hydrogen-bond donors (Lipinski definition) is 1. The Hall–Kier alpha value is -2.73. The molecule has 1 saturated heterocycles. The first-order chi connectivity index (χ1) is 16.0. The van der Waals surface area contributed by atoms with Crippen molar-refractivity contribution in [3.05, 3.63) is 99.0 Å². The number of fused-ring (bicyclic) bond motifs is 1. The Labute approximate surface area is 203 Å². The highest BCUT2D eigenvalue weighted by Crippen LogP contribution is 2.31. The van der Waals surface area contributed by atoms with Crippen molar-refractivity contribution in [3.8, 4) is 5.75 Å². The molecule has 0 atom stereocenters. The summed E-state index contributed by atoms with van der Waals surface area (Å²) in [6, 6.07) is 21.3. The molecule has 2 heterocycles. The summed E-state index contributed by atoms with van der Waals surface area (Å²) < 4.78 is 12.0. The highest BCUT2D eigenvalue weighted by Gasteiger charge is 2.34. The van der Waals surface area contributed by atoms with Gasteiger partial charge in [-0.2, -0.15) is 0 Å². The second-order valence-corrected chi connectivity index (χ2v) is 9.22. The van der Waals surface area contributed by atoms with Crippen LogP contribution in [-0.2, 0) is 17.7 Å². The molecule has 2 aliphatic rings. The Bertz CT molecular complexity index is 1080. The van der Waals surface area contributed by atoms with Crippen LogP contribution in [0.15, 0.2) is 66.7 Å². The van der Waals surface area contributed by atoms with Gasteiger partial charge in [0.2, 0.25) is 0 Å². The van der Waals surface area contributed by atoms with Gasteiger partial charge in [0.15, 0.2) is 0 Å². The lowest BCUT2D eigenvalue weighted by Crippen LogP contribution is -2.57. The fraction of sp³-hybridized carbons (Fsp3) is 0.269. The number of nitrogens with one attached hydrogen (secondary N) is 1. The largest absolute Gasteiger partial charge is 0.493 e. The first kappa shape index (κ1) is 22.1. The third kappa shape index (κ3) is 5.11. The molecule has 0 saturated carbocycles. The molecule has 0 aliphatic carbocycles. The lowest BCUT2D eigenvalue weighted by molar-refractivity contribution is -0.0645. The number of nitrogens with zero attached hydrogens (tertiary/aromatic N) is 1. The molecule has 3 aromatic carbocycles. The molecule has 3 aromatic rings. The van der Waals surface area contributed by atoms with Crippen molar-refractivity contribution in [2.45, 2.75) is 25.2 Å². The predicted octanol–water partition coefficient (Wildman–Crippen LogP) is 5.63. The summed E-state index contributed by atoms with van der Waals surface area (Å²) in [5.74, 6) is 0.948. The molecular formula is C26H24Cl2N2O3. The van der Waals surface area contributed by atoms with Crippen LogP contribution < -0.4 is 10.1 Å². The van der Waals surface area contributed by atoms with Gasteiger partial charge in [0.25, 0.3) is 0 Å². The summed E-state index contributed by atoms with van der Waals surface area (Å²) in [7, 11) is 0. The average molecular weight is 483 g/mol. The van der Waals surface area contributed by atoms with Crippen molar-refractivity contribution in [1.29, 1.82) is 0 Å². The van der Waals surface area contributed by atoms with Crippen LogP contribution in [0.3, 0.4) is 0 Å². The number of rotatable bonds is 6. The fourth-order valence-corrected chi connectivity index (χ4v) is 4.40. The van der Waals surface area contributed by atoms with Crippen molar-refractivity contribution in [2.75, 3.05) is 19.7 Å². The maximum Gasteiger partial charge on any atom is 0.317 e. The van der Waals surface area contributed by atoms with Crippen LogP contribution in [-0.4, -0.2) is 36.7 Å². The Balaban J connectivity index is 1.18. The summed E-state index contributed by atoms with van der Waals surface area (Å²) >= 11 is 12.1. The minimum atomic E-state index is -0.261. The SMILES string of the molecule is O=C(NCc1ccc2c(c1)CCO2)N1CC(OC(c2ccc(Cl)cc2)c2ccc(Cl)cc2)C1. The lowest BCUT2D eigenvalue weighted by atomic mass is 10.0. The van der Waals surface area contributed by atoms with E-state index < -0.39 is 0 Å². The molecule has 0 spiro atoms. The van der Waals surface area contributed by atoms with Gasteiger partial charge in [-0.3, -0.25) is 0 Å². The number of ether oxygens (including phenoxy) is 2. The molecule has 1 N–H and O–H groups in total. The van der Waals surface area contributed by atoms with Gasteiger partial charge in [-0.25, -0.2) is 4.79 Å². The summed E-state index contributed by atoms with van der Waals surface area (Å²) in [5, 5.41) is 4.36. The zero-order chi connectivity index (χ0) is 22.8. The third-order valence-corrected chi connectivity index (χ3v) is 6.51. The Morgan fingerprint density at radius 3 is 2.27 bits per heavy atom. The smallest absolute Gasteiger partial charge is 0.317 e. The second-order valence-electron chi connectivity index (χ2n) is 8.35. The van der Waals surface area contributed by atoms with Crippen LogP contribution in [0, 0.1) is 0 Å². The lowest BCUT2D eigenvalue weighted by Gasteiger charge is -2.40. The predicted molar refractivity (Wildman–Crippen MR) is 129 cm³/mol. The normalized spacial score (nSPS) is 15.2. The van der Waals surface area contributed by atoms with Gasteiger partial charge in [-0.1, -0.05) is 59.6 Å². The zero-order valence-corrected chi connectivity index (χ0v) is 19.5. The van der Waals surface area contributed by atoms with E-state index in [9.17, 15) is 4.79 Å². The molecule has 33 heavy (non-hydrogen) atoms. The summed E-state index contributed by atoms with van der Waals surface area (Å²) in [5.41, 5.74) is 4.29. The number of carbonyl (C=O) groups excluding carboxylic acids is 1. The van der Waals surface area contributed by atoms with Crippen LogP contribution in [0.2, 0.25) is 10.0 Å². The van der Waals surface area contributed by atoms with E-state index in [2.05, 4.69) is 11.4 Å². The average Bonchev–Trinajstić information content (AvgIpc) is 3.26. The first-order valence-electron chi connectivity index (χ1n) is 11.0. The minimum Gasteiger partial charge on any atom is -0.493 e. The molecule has 5 nitrogen and oxygen atoms in total. The topological polar surface area (TPSA) is 50.8 Å². The highest BCUT2D eigenvalue weighted by molar-refractivity contribution is 6.30. The van der Waals surface area contributed by atoms with Gasteiger partial charge in [-0.15, -0.1) is 0 Å². The van der Waals surface area contributed by atoms with Crippen molar-refractivity contribution in [2.24, 2.45) is 0 Å². The molecule has 0 unspecified atom stereocenters. The number of halogens is 2. The van der Waals surface area contributed by atoms with Crippen molar-refractivity contribution in [3.63, 3.8) is 0 Å². The second kappa shape index (κ2) is 9.64. The van der Waals surface area contributed by atoms with Gasteiger partial charge >= 0.3 is 6.03 Å². The van der Waals surface area contributed by atoms with E-state index in [1.807, 2.05) is 60.7 Å². The highest BCUT2D eigenvalue weighted by atomic mass is 35.5. The first-order valence-corrected chi connectivity index (χ1v) is 11.7. The summed E-state index contributed by atoms with van der Waals surface area (Å²) in [4.78, 5) is 14.3. The van der Waals surface area contributed by atoms with Crippen molar-refractivity contribution >= 4 is 29.2 Å². The number of likely N-dealkylation sites (tertiary alicyclic amines) is 1. The molecule has 0 bridgehead atoms. The Kier molecular flexibility index (Phi) is 6.45. The van der Waals surface area contributed by atoms with Gasteiger partial charge in [0.05, 0.1) is 25.8 Å². The van der Waals surface area contributed by atoms with Gasteiger partial charge in [-0.05, 0) is 52.6 Å². The number of benzene rings is 3. The maximum absolute atomic E-state index is 12.6. The Morgan fingerprint density at radius 1 is 1.00 bits per heavy atom. The molecular weight excluding hydrogens is 459 g/mol. The standard InChI is InChI=1S/C26H24Cl2N2O3/c27-21-6-2-18(3-7-21)25(19-4-8-22(28)9-5-19)33-23-15-30(16-23)26(31)29-14-17-1-10-24-20(13-17)11-12-32-24/h1-10,13,23,25H,11-12,14-16H2,(H,29,31). The van der Waals surface area contributed by atoms with E-state index >= 15 is 0 Å². The van der Waals surface area contributed by atoms with Gasteiger partial charge in [0.1, 0.15) is 11.9 Å². The van der Waals surface area contributed by atoms with E-state index in [1.54, 1.807) is 4.90 Å². The quantitative estimate of drug-likeness (QED) is 0.495. The monoisotopic (exact) mass is 482 g/mol. The zero-order valence-electron chi connectivity index (χ0n) is 18.0. The molecule has 2 amide bonds. The molecule has 170 valence electrons. The van der Waals surface area contributed by atoms with E-state index in [1.165, 1.54) is 5.56 Å². The maximum atomic E-state index is 12.6. The van der Waals surface area contributed by atoms with E-state index in [0.717, 1.165) is 35.5 Å². The number of amides is 2. The van der Waals surface area contributed by atoms with Crippen molar-refractivity contribution < 1.29 is 14.3 Å². The summed E-state index contributed by atoms with van der Waals surface area (Å²) in [6.07, 6.45) is 0.609. The number of hydrogen-bond acceptors (Lipinski definition) is 3. The molecule has 2 aliphatic heterocycles. The summed E-state index contributed by atoms with van der Waals surface area (Å²) in [6.45, 7) is 2.31. The van der Waals surface area contributed by atoms with Crippen LogP contribution in [0.25, 0.3) is 0 Å². The molecule has 7 heteroatoms. The molecule has 1 fully saturated rings.